The van der Waals surface area contributed by atoms with Crippen molar-refractivity contribution < 1.29 is 0 Å². The van der Waals surface area contributed by atoms with Gasteiger partial charge in [-0.05, 0) is 86.9 Å². The summed E-state index contributed by atoms with van der Waals surface area (Å²) in [6.45, 7) is 0. The highest BCUT2D eigenvalue weighted by molar-refractivity contribution is 6.27. The second-order valence-corrected chi connectivity index (χ2v) is 15.3. The number of anilines is 3. The summed E-state index contributed by atoms with van der Waals surface area (Å²) in [5.74, 6) is 0. The van der Waals surface area contributed by atoms with E-state index in [9.17, 15) is 0 Å². The van der Waals surface area contributed by atoms with E-state index in [4.69, 9.17) is 0 Å². The summed E-state index contributed by atoms with van der Waals surface area (Å²) >= 11 is 0. The van der Waals surface area contributed by atoms with E-state index in [-0.39, 0.29) is 0 Å². The van der Waals surface area contributed by atoms with Gasteiger partial charge in [-0.3, -0.25) is 0 Å². The number of fused-ring (bicyclic) bond motifs is 15. The molecule has 3 heteroatoms. The van der Waals surface area contributed by atoms with Crippen LogP contribution in [0.4, 0.5) is 17.1 Å². The topological polar surface area (TPSA) is 12.6 Å². The highest BCUT2D eigenvalue weighted by Crippen LogP contribution is 2.48. The van der Waals surface area contributed by atoms with Gasteiger partial charge in [0, 0.05) is 49.4 Å². The Balaban J connectivity index is 1.18. The second kappa shape index (κ2) is 11.5. The molecule has 0 saturated carbocycles. The molecule has 13 aromatic rings. The maximum Gasteiger partial charge on any atom is 0.0782 e. The Bertz CT molecular complexity index is 3720. The van der Waals surface area contributed by atoms with Crippen LogP contribution in [0.5, 0.6) is 0 Å². The molecule has 3 aromatic heterocycles. The molecular formula is C54H33N3. The maximum atomic E-state index is 2.51. The molecule has 57 heavy (non-hydrogen) atoms. The Labute approximate surface area is 327 Å². The molecule has 0 radical (unpaired) electrons. The third-order valence-electron chi connectivity index (χ3n) is 12.4. The summed E-state index contributed by atoms with van der Waals surface area (Å²) in [6, 6.07) is 73.8. The van der Waals surface area contributed by atoms with Gasteiger partial charge in [-0.1, -0.05) is 146 Å². The van der Waals surface area contributed by atoms with Crippen molar-refractivity contribution in [3.8, 4) is 5.69 Å². The number of hydrogen-bond acceptors (Lipinski definition) is 1. The van der Waals surface area contributed by atoms with Gasteiger partial charge < -0.3 is 13.9 Å². The lowest BCUT2D eigenvalue weighted by Gasteiger charge is -2.27. The first kappa shape index (κ1) is 30.7. The lowest BCUT2D eigenvalue weighted by molar-refractivity contribution is 1.18. The highest BCUT2D eigenvalue weighted by atomic mass is 15.2. The molecule has 0 spiro atoms. The second-order valence-electron chi connectivity index (χ2n) is 15.3. The van der Waals surface area contributed by atoms with Crippen LogP contribution in [0.25, 0.3) is 97.9 Å². The minimum atomic E-state index is 1.10. The van der Waals surface area contributed by atoms with Crippen molar-refractivity contribution in [1.29, 1.82) is 0 Å². The van der Waals surface area contributed by atoms with E-state index >= 15 is 0 Å². The number of rotatable bonds is 4. The lowest BCUT2D eigenvalue weighted by Crippen LogP contribution is -2.11. The highest BCUT2D eigenvalue weighted by Gasteiger charge is 2.24. The van der Waals surface area contributed by atoms with Gasteiger partial charge in [-0.25, -0.2) is 0 Å². The molecule has 0 fully saturated rings. The molecule has 264 valence electrons. The largest absolute Gasteiger partial charge is 0.309 e. The first-order chi connectivity index (χ1) is 28.3. The molecule has 0 unspecified atom stereocenters. The predicted molar refractivity (Wildman–Crippen MR) is 243 cm³/mol. The molecule has 0 aliphatic rings. The van der Waals surface area contributed by atoms with Crippen molar-refractivity contribution in [2.75, 3.05) is 4.90 Å². The van der Waals surface area contributed by atoms with Crippen molar-refractivity contribution in [3.63, 3.8) is 0 Å². The normalized spacial score (nSPS) is 12.2. The van der Waals surface area contributed by atoms with Gasteiger partial charge >= 0.3 is 0 Å². The van der Waals surface area contributed by atoms with Crippen molar-refractivity contribution in [1.82, 2.24) is 8.97 Å². The minimum absolute atomic E-state index is 1.10. The summed E-state index contributed by atoms with van der Waals surface area (Å²) in [4.78, 5) is 2.50. The Hall–Kier alpha value is -7.62. The first-order valence-corrected chi connectivity index (χ1v) is 19.7. The van der Waals surface area contributed by atoms with Gasteiger partial charge in [-0.2, -0.15) is 0 Å². The van der Waals surface area contributed by atoms with Crippen molar-refractivity contribution >= 4 is 109 Å². The van der Waals surface area contributed by atoms with Crippen LogP contribution in [0, 0.1) is 0 Å². The Morgan fingerprint density at radius 2 is 0.737 bits per heavy atom. The third kappa shape index (κ3) is 4.15. The molecule has 10 aromatic carbocycles. The average Bonchev–Trinajstić information content (AvgIpc) is 3.92. The van der Waals surface area contributed by atoms with E-state index in [2.05, 4.69) is 214 Å². The smallest absolute Gasteiger partial charge is 0.0782 e. The standard InChI is InChI=1S/C54H33N3/c1-2-14-34(15-3-1)56-49-25-10-8-20-42(49)44-31-29-36(33-52(44)56)55(35-28-30-41-39-18-5-4-16-37(39)38-17-6-7-19-40(38)48(41)32-35)51-27-13-24-47-46-23-12-22-45-43-21-9-11-26-50(43)57(53(45)46)54(47)51/h1-33H. The number of benzene rings is 10. The fraction of sp³-hybridized carbons (Fsp3) is 0. The number of para-hydroxylation sites is 5. The quantitative estimate of drug-likeness (QED) is 0.165. The van der Waals surface area contributed by atoms with E-state index < -0.39 is 0 Å². The Morgan fingerprint density at radius 1 is 0.281 bits per heavy atom. The van der Waals surface area contributed by atoms with Crippen LogP contribution < -0.4 is 4.90 Å². The molecule has 0 saturated heterocycles. The SMILES string of the molecule is c1ccc(-n2c3ccccc3c3ccc(N(c4ccc5c6ccccc6c6ccccc6c5c4)c4cccc5c6cccc7c8ccccc8n(c45)c76)cc32)cc1. The third-order valence-corrected chi connectivity index (χ3v) is 12.4. The summed E-state index contributed by atoms with van der Waals surface area (Å²) in [6.07, 6.45) is 0. The summed E-state index contributed by atoms with van der Waals surface area (Å²) in [7, 11) is 0. The van der Waals surface area contributed by atoms with E-state index in [1.807, 2.05) is 0 Å². The van der Waals surface area contributed by atoms with Crippen LogP contribution in [0.3, 0.4) is 0 Å². The van der Waals surface area contributed by atoms with E-state index in [0.717, 1.165) is 22.7 Å². The van der Waals surface area contributed by atoms with Crippen molar-refractivity contribution in [2.45, 2.75) is 0 Å². The van der Waals surface area contributed by atoms with Gasteiger partial charge in [0.15, 0.2) is 0 Å². The minimum Gasteiger partial charge on any atom is -0.309 e. The molecule has 0 aliphatic heterocycles. The number of aromatic nitrogens is 2. The average molecular weight is 724 g/mol. The van der Waals surface area contributed by atoms with Gasteiger partial charge in [0.2, 0.25) is 0 Å². The molecule has 0 bridgehead atoms. The van der Waals surface area contributed by atoms with E-state index in [1.54, 1.807) is 0 Å². The molecule has 0 atom stereocenters. The van der Waals surface area contributed by atoms with Crippen LogP contribution in [0.15, 0.2) is 200 Å². The first-order valence-electron chi connectivity index (χ1n) is 19.7. The molecule has 13 rings (SSSR count). The molecular weight excluding hydrogens is 691 g/mol. The molecule has 0 N–H and O–H groups in total. The van der Waals surface area contributed by atoms with E-state index in [0.29, 0.717) is 0 Å². The zero-order valence-electron chi connectivity index (χ0n) is 30.9. The number of hydrogen-bond donors (Lipinski definition) is 0. The van der Waals surface area contributed by atoms with Crippen LogP contribution in [0.2, 0.25) is 0 Å². The Kier molecular flexibility index (Phi) is 6.16. The molecule has 0 aliphatic carbocycles. The van der Waals surface area contributed by atoms with Gasteiger partial charge in [0.05, 0.1) is 33.3 Å². The Morgan fingerprint density at radius 3 is 1.44 bits per heavy atom. The van der Waals surface area contributed by atoms with Crippen LogP contribution >= 0.6 is 0 Å². The summed E-state index contributed by atoms with van der Waals surface area (Å²) < 4.78 is 4.93. The van der Waals surface area contributed by atoms with Crippen LogP contribution in [-0.2, 0) is 0 Å². The zero-order chi connectivity index (χ0) is 37.2. The number of nitrogens with zero attached hydrogens (tertiary/aromatic N) is 3. The summed E-state index contributed by atoms with van der Waals surface area (Å²) in [5, 5.41) is 15.2. The zero-order valence-corrected chi connectivity index (χ0v) is 30.9. The van der Waals surface area contributed by atoms with Crippen molar-refractivity contribution in [2.24, 2.45) is 0 Å². The maximum absolute atomic E-state index is 2.51. The molecule has 0 amide bonds. The monoisotopic (exact) mass is 723 g/mol. The fourth-order valence-corrected chi connectivity index (χ4v) is 10.0. The van der Waals surface area contributed by atoms with Gasteiger partial charge in [0.1, 0.15) is 0 Å². The fourth-order valence-electron chi connectivity index (χ4n) is 10.0. The lowest BCUT2D eigenvalue weighted by atomic mass is 9.94. The van der Waals surface area contributed by atoms with Crippen LogP contribution in [-0.4, -0.2) is 8.97 Å². The van der Waals surface area contributed by atoms with Gasteiger partial charge in [0.25, 0.3) is 0 Å². The van der Waals surface area contributed by atoms with Crippen LogP contribution in [0.1, 0.15) is 0 Å². The van der Waals surface area contributed by atoms with E-state index in [1.165, 1.54) is 92.2 Å². The van der Waals surface area contributed by atoms with Gasteiger partial charge in [-0.15, -0.1) is 0 Å². The molecule has 3 heterocycles. The predicted octanol–water partition coefficient (Wildman–Crippen LogP) is 14.9. The summed E-state index contributed by atoms with van der Waals surface area (Å²) in [5.41, 5.74) is 10.6. The van der Waals surface area contributed by atoms with Crippen molar-refractivity contribution in [3.05, 3.63) is 200 Å². The molecule has 3 nitrogen and oxygen atoms in total.